The predicted molar refractivity (Wildman–Crippen MR) is 90.8 cm³/mol. The number of furan rings is 1. The minimum absolute atomic E-state index is 0.0136. The standard InChI is InChI=1S/C15H17ClN2O6S/c16-12-8-13(18-9-10-3-1-5-23-10)11(7-14(12)25(17,21)22)15(20)24-6-2-4-19/h1,3,5,7-8,18-19H,2,4,6,9H2,(H2,17,21,22). The molecule has 4 N–H and O–H groups in total. The first-order valence-electron chi connectivity index (χ1n) is 7.23. The minimum atomic E-state index is -4.12. The summed E-state index contributed by atoms with van der Waals surface area (Å²) in [7, 11) is -4.12. The molecule has 0 amide bonds. The van der Waals surface area contributed by atoms with Crippen molar-refractivity contribution in [3.63, 3.8) is 0 Å². The van der Waals surface area contributed by atoms with E-state index >= 15 is 0 Å². The second-order valence-corrected chi connectivity index (χ2v) is 6.96. The molecule has 0 atom stereocenters. The van der Waals surface area contributed by atoms with Crippen LogP contribution in [-0.2, 0) is 21.3 Å². The number of anilines is 1. The number of carbonyl (C=O) groups is 1. The number of nitrogens with two attached hydrogens (primary N) is 1. The number of halogens is 1. The van der Waals surface area contributed by atoms with Gasteiger partial charge in [-0.15, -0.1) is 0 Å². The van der Waals surface area contributed by atoms with E-state index in [2.05, 4.69) is 5.32 Å². The van der Waals surface area contributed by atoms with Gasteiger partial charge in [-0.1, -0.05) is 11.6 Å². The molecule has 0 aliphatic heterocycles. The van der Waals surface area contributed by atoms with Crippen molar-refractivity contribution in [2.24, 2.45) is 5.14 Å². The zero-order chi connectivity index (χ0) is 18.4. The number of nitrogens with one attached hydrogen (secondary N) is 1. The van der Waals surface area contributed by atoms with Gasteiger partial charge in [-0.05, 0) is 24.3 Å². The summed E-state index contributed by atoms with van der Waals surface area (Å²) in [6.45, 7) is 0.0925. The molecule has 8 nitrogen and oxygen atoms in total. The van der Waals surface area contributed by atoms with Gasteiger partial charge in [0.15, 0.2) is 0 Å². The molecule has 0 bridgehead atoms. The Labute approximate surface area is 149 Å². The lowest BCUT2D eigenvalue weighted by Gasteiger charge is -2.13. The Morgan fingerprint density at radius 2 is 2.16 bits per heavy atom. The number of hydrogen-bond donors (Lipinski definition) is 3. The first kappa shape index (κ1) is 19.3. The zero-order valence-electron chi connectivity index (χ0n) is 13.1. The van der Waals surface area contributed by atoms with Gasteiger partial charge >= 0.3 is 5.97 Å². The van der Waals surface area contributed by atoms with E-state index in [1.54, 1.807) is 12.1 Å². The molecule has 25 heavy (non-hydrogen) atoms. The molecule has 0 spiro atoms. The number of rotatable bonds is 8. The summed E-state index contributed by atoms with van der Waals surface area (Å²) in [6, 6.07) is 5.78. The van der Waals surface area contributed by atoms with E-state index in [-0.39, 0.29) is 47.3 Å². The summed E-state index contributed by atoms with van der Waals surface area (Å²) in [4.78, 5) is 11.9. The number of aliphatic hydroxyl groups excluding tert-OH is 1. The average Bonchev–Trinajstić information content (AvgIpc) is 3.05. The lowest BCUT2D eigenvalue weighted by molar-refractivity contribution is 0.0483. The molecular formula is C15H17ClN2O6S. The van der Waals surface area contributed by atoms with Gasteiger partial charge in [0.25, 0.3) is 0 Å². The van der Waals surface area contributed by atoms with Crippen LogP contribution in [-0.4, -0.2) is 32.7 Å². The summed E-state index contributed by atoms with van der Waals surface area (Å²) in [5, 5.41) is 16.7. The van der Waals surface area contributed by atoms with Crippen LogP contribution in [0.25, 0.3) is 0 Å². The van der Waals surface area contributed by atoms with E-state index in [4.69, 9.17) is 31.0 Å². The molecule has 0 saturated heterocycles. The summed E-state index contributed by atoms with van der Waals surface area (Å²) < 4.78 is 33.4. The van der Waals surface area contributed by atoms with Crippen molar-refractivity contribution in [3.8, 4) is 0 Å². The summed E-state index contributed by atoms with van der Waals surface area (Å²) >= 11 is 5.97. The lowest BCUT2D eigenvalue weighted by atomic mass is 10.1. The molecule has 10 heteroatoms. The molecule has 0 unspecified atom stereocenters. The number of ether oxygens (including phenoxy) is 1. The van der Waals surface area contributed by atoms with Gasteiger partial charge in [0, 0.05) is 13.0 Å². The Hall–Kier alpha value is -2.07. The SMILES string of the molecule is NS(=O)(=O)c1cc(C(=O)OCCCO)c(NCc2ccco2)cc1Cl. The Kier molecular flexibility index (Phi) is 6.43. The fraction of sp³-hybridized carbons (Fsp3) is 0.267. The number of hydrogen-bond acceptors (Lipinski definition) is 7. The summed E-state index contributed by atoms with van der Waals surface area (Å²) in [5.41, 5.74) is 0.223. The van der Waals surface area contributed by atoms with Crippen LogP contribution in [0, 0.1) is 0 Å². The van der Waals surface area contributed by atoms with Crippen LogP contribution in [0.2, 0.25) is 5.02 Å². The lowest BCUT2D eigenvalue weighted by Crippen LogP contribution is -2.16. The predicted octanol–water partition coefficient (Wildman–Crippen LogP) is 1.73. The highest BCUT2D eigenvalue weighted by Gasteiger charge is 2.21. The highest BCUT2D eigenvalue weighted by molar-refractivity contribution is 7.89. The Balaban J connectivity index is 2.34. The monoisotopic (exact) mass is 388 g/mol. The normalized spacial score (nSPS) is 11.3. The maximum Gasteiger partial charge on any atom is 0.340 e. The molecule has 2 aromatic rings. The molecule has 0 saturated carbocycles. The van der Waals surface area contributed by atoms with Crippen LogP contribution < -0.4 is 10.5 Å². The third kappa shape index (κ3) is 5.20. The highest BCUT2D eigenvalue weighted by Crippen LogP contribution is 2.29. The second kappa shape index (κ2) is 8.34. The Bertz CT molecular complexity index is 836. The van der Waals surface area contributed by atoms with Crippen molar-refractivity contribution in [3.05, 3.63) is 46.9 Å². The smallest absolute Gasteiger partial charge is 0.340 e. The zero-order valence-corrected chi connectivity index (χ0v) is 14.6. The molecule has 1 aromatic heterocycles. The Morgan fingerprint density at radius 3 is 2.76 bits per heavy atom. The van der Waals surface area contributed by atoms with E-state index < -0.39 is 16.0 Å². The van der Waals surface area contributed by atoms with E-state index in [0.29, 0.717) is 5.76 Å². The van der Waals surface area contributed by atoms with Gasteiger partial charge in [0.2, 0.25) is 10.0 Å². The molecule has 1 aromatic carbocycles. The van der Waals surface area contributed by atoms with E-state index in [1.807, 2.05) is 0 Å². The molecule has 0 radical (unpaired) electrons. The van der Waals surface area contributed by atoms with Gasteiger partial charge in [0.05, 0.1) is 35.7 Å². The molecule has 0 fully saturated rings. The van der Waals surface area contributed by atoms with Crippen LogP contribution >= 0.6 is 11.6 Å². The van der Waals surface area contributed by atoms with Crippen molar-refractivity contribution in [2.45, 2.75) is 17.9 Å². The molecule has 0 aliphatic carbocycles. The molecule has 1 heterocycles. The fourth-order valence-corrected chi connectivity index (χ4v) is 3.09. The second-order valence-electron chi connectivity index (χ2n) is 5.02. The van der Waals surface area contributed by atoms with Crippen LogP contribution in [0.3, 0.4) is 0 Å². The molecule has 2 rings (SSSR count). The number of primary sulfonamides is 1. The van der Waals surface area contributed by atoms with Crippen molar-refractivity contribution >= 4 is 33.3 Å². The number of aliphatic hydroxyl groups is 1. The first-order chi connectivity index (χ1) is 11.8. The van der Waals surface area contributed by atoms with E-state index in [0.717, 1.165) is 6.07 Å². The van der Waals surface area contributed by atoms with Crippen LogP contribution in [0.1, 0.15) is 22.5 Å². The van der Waals surface area contributed by atoms with Gasteiger partial charge in [-0.3, -0.25) is 0 Å². The Morgan fingerprint density at radius 1 is 1.40 bits per heavy atom. The summed E-state index contributed by atoms with van der Waals surface area (Å²) in [5.74, 6) is -0.164. The van der Waals surface area contributed by atoms with Gasteiger partial charge < -0.3 is 19.6 Å². The van der Waals surface area contributed by atoms with Crippen molar-refractivity contribution in [1.82, 2.24) is 0 Å². The minimum Gasteiger partial charge on any atom is -0.467 e. The number of esters is 1. The van der Waals surface area contributed by atoms with Crippen molar-refractivity contribution in [2.75, 3.05) is 18.5 Å². The molecule has 0 aliphatic rings. The maximum absolute atomic E-state index is 12.2. The van der Waals surface area contributed by atoms with E-state index in [9.17, 15) is 13.2 Å². The van der Waals surface area contributed by atoms with Crippen molar-refractivity contribution in [1.29, 1.82) is 0 Å². The van der Waals surface area contributed by atoms with Gasteiger partial charge in [-0.2, -0.15) is 0 Å². The van der Waals surface area contributed by atoms with Crippen LogP contribution in [0.5, 0.6) is 0 Å². The maximum atomic E-state index is 12.2. The number of sulfonamides is 1. The van der Waals surface area contributed by atoms with E-state index in [1.165, 1.54) is 12.3 Å². The quantitative estimate of drug-likeness (QED) is 0.463. The highest BCUT2D eigenvalue weighted by atomic mass is 35.5. The third-order valence-corrected chi connectivity index (χ3v) is 4.54. The topological polar surface area (TPSA) is 132 Å². The third-order valence-electron chi connectivity index (χ3n) is 3.17. The largest absolute Gasteiger partial charge is 0.467 e. The number of carbonyl (C=O) groups excluding carboxylic acids is 1. The molecule has 136 valence electrons. The van der Waals surface area contributed by atoms with Gasteiger partial charge in [-0.25, -0.2) is 18.4 Å². The van der Waals surface area contributed by atoms with Crippen LogP contribution in [0.4, 0.5) is 5.69 Å². The van der Waals surface area contributed by atoms with Crippen molar-refractivity contribution < 1.29 is 27.5 Å². The van der Waals surface area contributed by atoms with Crippen LogP contribution in [0.15, 0.2) is 39.8 Å². The average molecular weight is 389 g/mol. The first-order valence-corrected chi connectivity index (χ1v) is 9.16. The fourth-order valence-electron chi connectivity index (χ4n) is 1.99. The van der Waals surface area contributed by atoms with Gasteiger partial charge in [0.1, 0.15) is 10.7 Å². The molecular weight excluding hydrogens is 372 g/mol. The summed E-state index contributed by atoms with van der Waals surface area (Å²) in [6.07, 6.45) is 1.76. The number of benzene rings is 1.